The maximum Gasteiger partial charge on any atom is 0.120 e. The maximum atomic E-state index is 5.27. The van der Waals surface area contributed by atoms with Crippen LogP contribution in [0.3, 0.4) is 0 Å². The molecule has 0 aromatic heterocycles. The van der Waals surface area contributed by atoms with Crippen LogP contribution in [-0.2, 0) is 0 Å². The highest BCUT2D eigenvalue weighted by molar-refractivity contribution is 5.49. The topological polar surface area (TPSA) is 24.5 Å². The molecule has 2 fully saturated rings. The Balaban J connectivity index is 1.66. The molecule has 0 radical (unpaired) electrons. The van der Waals surface area contributed by atoms with Crippen molar-refractivity contribution in [1.82, 2.24) is 4.90 Å². The zero-order chi connectivity index (χ0) is 12.5. The normalized spacial score (nSPS) is 31.3. The monoisotopic (exact) mass is 246 g/mol. The summed E-state index contributed by atoms with van der Waals surface area (Å²) in [6.07, 6.45) is 5.28. The number of rotatable bonds is 3. The van der Waals surface area contributed by atoms with Gasteiger partial charge in [0, 0.05) is 29.9 Å². The van der Waals surface area contributed by atoms with E-state index in [9.17, 15) is 0 Å². The number of anilines is 1. The quantitative estimate of drug-likeness (QED) is 0.887. The third kappa shape index (κ3) is 2.19. The van der Waals surface area contributed by atoms with E-state index in [2.05, 4.69) is 29.4 Å². The van der Waals surface area contributed by atoms with Gasteiger partial charge in [0.05, 0.1) is 7.11 Å². The first-order chi connectivity index (χ1) is 8.76. The van der Waals surface area contributed by atoms with E-state index in [1.165, 1.54) is 31.4 Å². The van der Waals surface area contributed by atoms with Gasteiger partial charge in [0.15, 0.2) is 0 Å². The van der Waals surface area contributed by atoms with Gasteiger partial charge in [-0.15, -0.1) is 0 Å². The van der Waals surface area contributed by atoms with E-state index in [4.69, 9.17) is 4.74 Å². The molecule has 1 unspecified atom stereocenters. The highest BCUT2D eigenvalue weighted by Gasteiger charge is 2.38. The number of hydrogen-bond acceptors (Lipinski definition) is 3. The third-order valence-corrected chi connectivity index (χ3v) is 4.54. The molecule has 18 heavy (non-hydrogen) atoms. The molecule has 1 aromatic carbocycles. The average Bonchev–Trinajstić information content (AvgIpc) is 2.62. The van der Waals surface area contributed by atoms with E-state index in [1.807, 2.05) is 12.1 Å². The van der Waals surface area contributed by atoms with Gasteiger partial charge in [-0.2, -0.15) is 0 Å². The van der Waals surface area contributed by atoms with E-state index in [1.54, 1.807) is 7.11 Å². The molecule has 3 rings (SSSR count). The predicted molar refractivity (Wildman–Crippen MR) is 74.2 cm³/mol. The van der Waals surface area contributed by atoms with Crippen molar-refractivity contribution in [3.05, 3.63) is 24.3 Å². The van der Waals surface area contributed by atoms with Crippen molar-refractivity contribution in [2.75, 3.05) is 19.5 Å². The van der Waals surface area contributed by atoms with E-state index < -0.39 is 0 Å². The molecule has 1 N–H and O–H groups in total. The molecule has 0 spiro atoms. The lowest BCUT2D eigenvalue weighted by Gasteiger charge is -2.37. The largest absolute Gasteiger partial charge is 0.497 e. The summed E-state index contributed by atoms with van der Waals surface area (Å²) < 4.78 is 5.27. The van der Waals surface area contributed by atoms with Gasteiger partial charge in [-0.25, -0.2) is 0 Å². The Bertz CT molecular complexity index is 407. The van der Waals surface area contributed by atoms with Crippen LogP contribution >= 0.6 is 0 Å². The minimum absolute atomic E-state index is 0.616. The van der Waals surface area contributed by atoms with Gasteiger partial charge in [0.1, 0.15) is 5.75 Å². The average molecular weight is 246 g/mol. The molecule has 98 valence electrons. The fraction of sp³-hybridized carbons (Fsp3) is 0.600. The SMILES string of the molecule is COc1cccc(NC2C[C@H]3CC[C@@H](C2)N3C)c1. The number of methoxy groups -OCH3 is 1. The summed E-state index contributed by atoms with van der Waals surface area (Å²) in [6, 6.07) is 10.4. The lowest BCUT2D eigenvalue weighted by molar-refractivity contribution is 0.169. The van der Waals surface area contributed by atoms with Gasteiger partial charge in [-0.1, -0.05) is 6.07 Å². The van der Waals surface area contributed by atoms with Crippen LogP contribution in [0.15, 0.2) is 24.3 Å². The first-order valence-electron chi connectivity index (χ1n) is 6.89. The van der Waals surface area contributed by atoms with Crippen LogP contribution in [0.2, 0.25) is 0 Å². The molecule has 0 aliphatic carbocycles. The number of hydrogen-bond donors (Lipinski definition) is 1. The fourth-order valence-electron chi connectivity index (χ4n) is 3.48. The molecular weight excluding hydrogens is 224 g/mol. The van der Waals surface area contributed by atoms with Gasteiger partial charge in [0.25, 0.3) is 0 Å². The number of ether oxygens (including phenoxy) is 1. The molecule has 2 saturated heterocycles. The molecule has 2 bridgehead atoms. The van der Waals surface area contributed by atoms with Crippen LogP contribution in [0.1, 0.15) is 25.7 Å². The molecule has 0 amide bonds. The first-order valence-corrected chi connectivity index (χ1v) is 6.89. The maximum absolute atomic E-state index is 5.27. The molecule has 1 aromatic rings. The van der Waals surface area contributed by atoms with Crippen LogP contribution in [0.4, 0.5) is 5.69 Å². The molecule has 2 aliphatic heterocycles. The zero-order valence-corrected chi connectivity index (χ0v) is 11.2. The molecule has 3 atom stereocenters. The lowest BCUT2D eigenvalue weighted by atomic mass is 9.98. The molecule has 0 saturated carbocycles. The minimum atomic E-state index is 0.616. The Hall–Kier alpha value is -1.22. The van der Waals surface area contributed by atoms with E-state index in [-0.39, 0.29) is 0 Å². The standard InChI is InChI=1S/C15H22N2O/c1-17-13-6-7-14(17)9-12(8-13)16-11-4-3-5-15(10-11)18-2/h3-5,10,12-14,16H,6-9H2,1-2H3/t12?,13-,14+. The predicted octanol–water partition coefficient (Wildman–Crippen LogP) is 2.73. The van der Waals surface area contributed by atoms with E-state index in [0.29, 0.717) is 6.04 Å². The first kappa shape index (κ1) is 11.8. The highest BCUT2D eigenvalue weighted by atomic mass is 16.5. The van der Waals surface area contributed by atoms with Crippen LogP contribution < -0.4 is 10.1 Å². The summed E-state index contributed by atoms with van der Waals surface area (Å²) >= 11 is 0. The van der Waals surface area contributed by atoms with Crippen molar-refractivity contribution in [3.63, 3.8) is 0 Å². The molecule has 2 heterocycles. The summed E-state index contributed by atoms with van der Waals surface area (Å²) in [5, 5.41) is 3.67. The second-order valence-corrected chi connectivity index (χ2v) is 5.60. The summed E-state index contributed by atoms with van der Waals surface area (Å²) in [4.78, 5) is 2.57. The van der Waals surface area contributed by atoms with Crippen molar-refractivity contribution >= 4 is 5.69 Å². The molecule has 3 heteroatoms. The van der Waals surface area contributed by atoms with Crippen molar-refractivity contribution in [2.24, 2.45) is 0 Å². The van der Waals surface area contributed by atoms with Gasteiger partial charge in [-0.05, 0) is 44.9 Å². The molecule has 2 aliphatic rings. The highest BCUT2D eigenvalue weighted by Crippen LogP contribution is 2.35. The summed E-state index contributed by atoms with van der Waals surface area (Å²) in [6.45, 7) is 0. The number of benzene rings is 1. The van der Waals surface area contributed by atoms with E-state index in [0.717, 1.165) is 17.8 Å². The molecular formula is C15H22N2O. The van der Waals surface area contributed by atoms with Gasteiger partial charge in [0.2, 0.25) is 0 Å². The summed E-state index contributed by atoms with van der Waals surface area (Å²) in [5.74, 6) is 0.927. The smallest absolute Gasteiger partial charge is 0.120 e. The minimum Gasteiger partial charge on any atom is -0.497 e. The van der Waals surface area contributed by atoms with Gasteiger partial charge >= 0.3 is 0 Å². The lowest BCUT2D eigenvalue weighted by Crippen LogP contribution is -2.44. The van der Waals surface area contributed by atoms with Crippen molar-refractivity contribution in [1.29, 1.82) is 0 Å². The number of nitrogens with zero attached hydrogens (tertiary/aromatic N) is 1. The zero-order valence-electron chi connectivity index (χ0n) is 11.2. The Morgan fingerprint density at radius 3 is 2.61 bits per heavy atom. The second kappa shape index (κ2) is 4.81. The van der Waals surface area contributed by atoms with Gasteiger partial charge in [-0.3, -0.25) is 0 Å². The van der Waals surface area contributed by atoms with Crippen molar-refractivity contribution < 1.29 is 4.74 Å². The van der Waals surface area contributed by atoms with Gasteiger partial charge < -0.3 is 15.0 Å². The Kier molecular flexibility index (Phi) is 3.16. The Morgan fingerprint density at radius 2 is 1.94 bits per heavy atom. The van der Waals surface area contributed by atoms with Crippen LogP contribution in [-0.4, -0.2) is 37.2 Å². The van der Waals surface area contributed by atoms with Crippen LogP contribution in [0.5, 0.6) is 5.75 Å². The Morgan fingerprint density at radius 1 is 1.22 bits per heavy atom. The Labute approximate surface area is 109 Å². The number of fused-ring (bicyclic) bond motifs is 2. The van der Waals surface area contributed by atoms with Crippen LogP contribution in [0.25, 0.3) is 0 Å². The van der Waals surface area contributed by atoms with Crippen molar-refractivity contribution in [3.8, 4) is 5.75 Å². The summed E-state index contributed by atoms with van der Waals surface area (Å²) in [5.41, 5.74) is 1.18. The summed E-state index contributed by atoms with van der Waals surface area (Å²) in [7, 11) is 4.00. The van der Waals surface area contributed by atoms with Crippen LogP contribution in [0, 0.1) is 0 Å². The van der Waals surface area contributed by atoms with Crippen molar-refractivity contribution in [2.45, 2.75) is 43.8 Å². The number of piperidine rings is 1. The number of nitrogens with one attached hydrogen (secondary N) is 1. The third-order valence-electron chi connectivity index (χ3n) is 4.54. The fourth-order valence-corrected chi connectivity index (χ4v) is 3.48. The second-order valence-electron chi connectivity index (χ2n) is 5.60. The van der Waals surface area contributed by atoms with E-state index >= 15 is 0 Å². The molecule has 3 nitrogen and oxygen atoms in total.